The van der Waals surface area contributed by atoms with Crippen LogP contribution in [0.3, 0.4) is 0 Å². The number of imidazole rings is 1. The number of benzene rings is 2. The Hall–Kier alpha value is -3.50. The van der Waals surface area contributed by atoms with E-state index in [1.165, 1.54) is 6.26 Å². The lowest BCUT2D eigenvalue weighted by Gasteiger charge is -2.21. The second-order valence-electron chi connectivity index (χ2n) is 9.55. The number of aryl methyl sites for hydroxylation is 2. The molecule has 2 atom stereocenters. The molecule has 1 aliphatic heterocycles. The van der Waals surface area contributed by atoms with Crippen LogP contribution in [0.25, 0.3) is 17.2 Å². The molecule has 10 heteroatoms. The Morgan fingerprint density at radius 3 is 2.39 bits per heavy atom. The molecule has 188 valence electrons. The molecule has 0 radical (unpaired) electrons. The van der Waals surface area contributed by atoms with Gasteiger partial charge < -0.3 is 5.32 Å². The SMILES string of the molecule is Cc1cc(-n2nc3c(c2-n2ccn(-c4ccc(CS(C)(=N)=O)cc4)c2=O)[C@H](C)NCC3)cc(C)c1F. The molecule has 0 saturated heterocycles. The maximum absolute atomic E-state index is 14.4. The van der Waals surface area contributed by atoms with Gasteiger partial charge in [0.05, 0.1) is 22.8 Å². The van der Waals surface area contributed by atoms with Crippen molar-refractivity contribution in [3.05, 3.63) is 93.0 Å². The molecule has 36 heavy (non-hydrogen) atoms. The van der Waals surface area contributed by atoms with Crippen LogP contribution in [0.2, 0.25) is 0 Å². The number of aromatic nitrogens is 4. The van der Waals surface area contributed by atoms with Crippen molar-refractivity contribution in [2.24, 2.45) is 0 Å². The van der Waals surface area contributed by atoms with Gasteiger partial charge in [0.15, 0.2) is 0 Å². The Bertz CT molecular complexity index is 1610. The Balaban J connectivity index is 1.65. The molecular weight excluding hydrogens is 479 g/mol. The largest absolute Gasteiger partial charge is 0.338 e. The monoisotopic (exact) mass is 508 g/mol. The normalized spacial score (nSPS) is 17.1. The molecule has 5 rings (SSSR count). The molecule has 4 aromatic rings. The van der Waals surface area contributed by atoms with Gasteiger partial charge in [0.2, 0.25) is 0 Å². The van der Waals surface area contributed by atoms with Gasteiger partial charge in [-0.3, -0.25) is 13.9 Å². The van der Waals surface area contributed by atoms with E-state index in [1.54, 1.807) is 76.5 Å². The molecule has 0 aliphatic carbocycles. The lowest BCUT2D eigenvalue weighted by Crippen LogP contribution is -2.30. The fourth-order valence-corrected chi connectivity index (χ4v) is 5.69. The number of rotatable bonds is 5. The number of fused-ring (bicyclic) bond motifs is 1. The molecular formula is C26H29FN6O2S. The Morgan fingerprint density at radius 1 is 1.11 bits per heavy atom. The highest BCUT2D eigenvalue weighted by molar-refractivity contribution is 7.90. The topological polar surface area (TPSA) is 97.7 Å². The number of hydrogen-bond acceptors (Lipinski definition) is 5. The maximum atomic E-state index is 14.4. The number of hydrogen-bond donors (Lipinski definition) is 2. The van der Waals surface area contributed by atoms with Crippen LogP contribution in [0.4, 0.5) is 4.39 Å². The van der Waals surface area contributed by atoms with E-state index in [0.29, 0.717) is 28.3 Å². The van der Waals surface area contributed by atoms with Gasteiger partial charge >= 0.3 is 5.69 Å². The third kappa shape index (κ3) is 4.31. The summed E-state index contributed by atoms with van der Waals surface area (Å²) in [6.45, 7) is 6.29. The van der Waals surface area contributed by atoms with Crippen molar-refractivity contribution < 1.29 is 8.60 Å². The Morgan fingerprint density at radius 2 is 1.75 bits per heavy atom. The molecule has 0 spiro atoms. The quantitative estimate of drug-likeness (QED) is 0.427. The van der Waals surface area contributed by atoms with Gasteiger partial charge in [-0.1, -0.05) is 12.1 Å². The minimum Gasteiger partial charge on any atom is -0.310 e. The van der Waals surface area contributed by atoms with Crippen LogP contribution in [0.1, 0.15) is 40.9 Å². The first-order chi connectivity index (χ1) is 17.0. The van der Waals surface area contributed by atoms with Gasteiger partial charge in [-0.15, -0.1) is 0 Å². The zero-order valence-corrected chi connectivity index (χ0v) is 21.5. The van der Waals surface area contributed by atoms with Crippen LogP contribution in [0, 0.1) is 24.4 Å². The molecule has 2 aromatic heterocycles. The predicted octanol–water partition coefficient (Wildman–Crippen LogP) is 3.95. The fourth-order valence-electron chi connectivity index (χ4n) is 4.87. The molecule has 3 heterocycles. The second kappa shape index (κ2) is 8.86. The predicted molar refractivity (Wildman–Crippen MR) is 139 cm³/mol. The highest BCUT2D eigenvalue weighted by Crippen LogP contribution is 2.31. The molecule has 1 aliphatic rings. The minimum absolute atomic E-state index is 0.0107. The average molecular weight is 509 g/mol. The van der Waals surface area contributed by atoms with Crippen molar-refractivity contribution in [2.45, 2.75) is 39.0 Å². The lowest BCUT2D eigenvalue weighted by atomic mass is 10.0. The van der Waals surface area contributed by atoms with Gasteiger partial charge in [-0.2, -0.15) is 5.10 Å². The molecule has 1 unspecified atom stereocenters. The highest BCUT2D eigenvalue weighted by Gasteiger charge is 2.29. The summed E-state index contributed by atoms with van der Waals surface area (Å²) in [4.78, 5) is 13.7. The maximum Gasteiger partial charge on any atom is 0.338 e. The van der Waals surface area contributed by atoms with E-state index in [9.17, 15) is 13.4 Å². The summed E-state index contributed by atoms with van der Waals surface area (Å²) in [6, 6.07) is 10.6. The van der Waals surface area contributed by atoms with Crippen LogP contribution in [-0.2, 0) is 21.9 Å². The van der Waals surface area contributed by atoms with Gasteiger partial charge in [0, 0.05) is 52.9 Å². The zero-order valence-electron chi connectivity index (χ0n) is 20.7. The van der Waals surface area contributed by atoms with Crippen molar-refractivity contribution >= 4 is 9.73 Å². The summed E-state index contributed by atoms with van der Waals surface area (Å²) >= 11 is 0. The molecule has 0 bridgehead atoms. The van der Waals surface area contributed by atoms with E-state index in [-0.39, 0.29) is 23.3 Å². The van der Waals surface area contributed by atoms with E-state index >= 15 is 0 Å². The number of halogens is 1. The second-order valence-corrected chi connectivity index (χ2v) is 11.9. The van der Waals surface area contributed by atoms with Crippen LogP contribution in [0.5, 0.6) is 0 Å². The van der Waals surface area contributed by atoms with E-state index in [0.717, 1.165) is 29.8 Å². The standard InChI is InChI=1S/C26H29FN6O2S/c1-16-13-21(14-17(2)24(16)27)33-25(23-18(3)29-10-9-22(23)30-33)32-12-11-31(26(32)34)20-7-5-19(6-8-20)15-36(4,28)35/h5-8,11-14,18,28-29H,9-10,15H2,1-4H3/t18-,36?/m0/s1. The zero-order chi connectivity index (χ0) is 25.8. The van der Waals surface area contributed by atoms with Gasteiger partial charge in [-0.05, 0) is 61.7 Å². The summed E-state index contributed by atoms with van der Waals surface area (Å²) < 4.78 is 38.7. The highest BCUT2D eigenvalue weighted by atomic mass is 32.2. The molecule has 0 fully saturated rings. The first-order valence-corrected chi connectivity index (χ1v) is 13.9. The number of nitrogens with zero attached hydrogens (tertiary/aromatic N) is 4. The molecule has 8 nitrogen and oxygen atoms in total. The van der Waals surface area contributed by atoms with Crippen LogP contribution >= 0.6 is 0 Å². The lowest BCUT2D eigenvalue weighted by molar-refractivity contribution is 0.536. The fraction of sp³-hybridized carbons (Fsp3) is 0.308. The third-order valence-corrected chi connectivity index (χ3v) is 7.43. The summed E-state index contributed by atoms with van der Waals surface area (Å²) in [5, 5.41) is 8.32. The van der Waals surface area contributed by atoms with Crippen molar-refractivity contribution in [3.8, 4) is 17.2 Å². The van der Waals surface area contributed by atoms with E-state index < -0.39 is 9.73 Å². The van der Waals surface area contributed by atoms with Gasteiger partial charge in [-0.25, -0.2) is 18.1 Å². The molecule has 2 aromatic carbocycles. The summed E-state index contributed by atoms with van der Waals surface area (Å²) in [5.41, 5.74) is 4.78. The Labute approximate surface area is 209 Å². The summed E-state index contributed by atoms with van der Waals surface area (Å²) in [5.74, 6) is 0.550. The van der Waals surface area contributed by atoms with Crippen molar-refractivity contribution in [1.82, 2.24) is 24.2 Å². The number of nitrogens with one attached hydrogen (secondary N) is 2. The van der Waals surface area contributed by atoms with Crippen molar-refractivity contribution in [3.63, 3.8) is 0 Å². The Kier molecular flexibility index (Phi) is 5.96. The van der Waals surface area contributed by atoms with E-state index in [4.69, 9.17) is 9.88 Å². The summed E-state index contributed by atoms with van der Waals surface area (Å²) in [6.07, 6.45) is 5.57. The van der Waals surface area contributed by atoms with Crippen LogP contribution < -0.4 is 11.0 Å². The smallest absolute Gasteiger partial charge is 0.310 e. The third-order valence-electron chi connectivity index (χ3n) is 6.55. The molecule has 0 amide bonds. The van der Waals surface area contributed by atoms with Gasteiger partial charge in [0.1, 0.15) is 11.6 Å². The van der Waals surface area contributed by atoms with E-state index in [1.807, 2.05) is 6.92 Å². The molecule has 0 saturated carbocycles. The van der Waals surface area contributed by atoms with Crippen LogP contribution in [0.15, 0.2) is 53.6 Å². The minimum atomic E-state index is -2.65. The van der Waals surface area contributed by atoms with Crippen molar-refractivity contribution in [2.75, 3.05) is 12.8 Å². The first kappa shape index (κ1) is 24.2. The molecule has 2 N–H and O–H groups in total. The summed E-state index contributed by atoms with van der Waals surface area (Å²) in [7, 11) is -2.65. The first-order valence-electron chi connectivity index (χ1n) is 11.8. The van der Waals surface area contributed by atoms with Crippen molar-refractivity contribution in [1.29, 1.82) is 4.78 Å². The van der Waals surface area contributed by atoms with E-state index in [2.05, 4.69) is 5.32 Å². The van der Waals surface area contributed by atoms with Gasteiger partial charge in [0.25, 0.3) is 0 Å². The van der Waals surface area contributed by atoms with Crippen LogP contribution in [-0.4, -0.2) is 35.9 Å². The average Bonchev–Trinajstić information content (AvgIpc) is 3.38.